The molecule has 4 nitrogen and oxygen atoms in total. The van der Waals surface area contributed by atoms with E-state index in [2.05, 4.69) is 10.4 Å². The second kappa shape index (κ2) is 8.37. The first-order valence-electron chi connectivity index (χ1n) is 8.80. The van der Waals surface area contributed by atoms with Crippen LogP contribution >= 0.6 is 34.5 Å². The molecule has 0 atom stereocenters. The number of anilines is 1. The molecule has 10 heteroatoms. The number of carbonyl (C=O) groups excluding carboxylic acids is 1. The van der Waals surface area contributed by atoms with Gasteiger partial charge in [-0.15, -0.1) is 11.3 Å². The zero-order chi connectivity index (χ0) is 22.2. The molecule has 0 radical (unpaired) electrons. The van der Waals surface area contributed by atoms with E-state index >= 15 is 0 Å². The van der Waals surface area contributed by atoms with E-state index < -0.39 is 17.8 Å². The van der Waals surface area contributed by atoms with Gasteiger partial charge in [-0.25, -0.2) is 4.68 Å². The number of alkyl halides is 3. The topological polar surface area (TPSA) is 46.9 Å². The average molecular weight is 482 g/mol. The molecule has 4 aromatic rings. The second-order valence-electron chi connectivity index (χ2n) is 6.43. The fourth-order valence-electron chi connectivity index (χ4n) is 2.86. The van der Waals surface area contributed by atoms with Crippen molar-refractivity contribution >= 4 is 46.1 Å². The van der Waals surface area contributed by atoms with Crippen molar-refractivity contribution in [2.45, 2.75) is 6.18 Å². The maximum absolute atomic E-state index is 13.2. The largest absolute Gasteiger partial charge is 0.435 e. The molecule has 0 unspecified atom stereocenters. The van der Waals surface area contributed by atoms with E-state index in [1.165, 1.54) is 46.4 Å². The molecule has 0 saturated carbocycles. The minimum absolute atomic E-state index is 0.286. The predicted molar refractivity (Wildman–Crippen MR) is 116 cm³/mol. The third-order valence-electron chi connectivity index (χ3n) is 4.33. The van der Waals surface area contributed by atoms with Crippen molar-refractivity contribution in [3.8, 4) is 16.3 Å². The van der Waals surface area contributed by atoms with Crippen molar-refractivity contribution in [2.75, 3.05) is 5.32 Å². The molecule has 0 aliphatic rings. The van der Waals surface area contributed by atoms with Gasteiger partial charge in [-0.05, 0) is 60.0 Å². The summed E-state index contributed by atoms with van der Waals surface area (Å²) in [7, 11) is 0. The number of hydrogen-bond donors (Lipinski definition) is 1. The SMILES string of the molecule is O=C(Nc1ccc(Cl)cc1Cl)c1ccc(-n2nc(C(F)(F)F)cc2-c2cccs2)cc1. The van der Waals surface area contributed by atoms with Gasteiger partial charge in [0.05, 0.1) is 27.0 Å². The molecular formula is C21H12Cl2F3N3OS. The Balaban J connectivity index is 1.64. The Labute approximate surface area is 188 Å². The number of benzene rings is 2. The molecule has 0 spiro atoms. The van der Waals surface area contributed by atoms with Gasteiger partial charge in [0.15, 0.2) is 5.69 Å². The number of amides is 1. The Morgan fingerprint density at radius 2 is 1.77 bits per heavy atom. The molecule has 31 heavy (non-hydrogen) atoms. The van der Waals surface area contributed by atoms with Gasteiger partial charge in [0, 0.05) is 10.6 Å². The first-order chi connectivity index (χ1) is 14.7. The number of nitrogens with zero attached hydrogens (tertiary/aromatic N) is 2. The Bertz CT molecular complexity index is 1240. The highest BCUT2D eigenvalue weighted by molar-refractivity contribution is 7.13. The lowest BCUT2D eigenvalue weighted by Gasteiger charge is -2.09. The van der Waals surface area contributed by atoms with E-state index in [-0.39, 0.29) is 5.02 Å². The molecule has 2 heterocycles. The van der Waals surface area contributed by atoms with Gasteiger partial charge in [0.25, 0.3) is 5.91 Å². The fraction of sp³-hybridized carbons (Fsp3) is 0.0476. The van der Waals surface area contributed by atoms with Crippen LogP contribution < -0.4 is 5.32 Å². The maximum atomic E-state index is 13.2. The van der Waals surface area contributed by atoms with Crippen LogP contribution in [0.3, 0.4) is 0 Å². The lowest BCUT2D eigenvalue weighted by molar-refractivity contribution is -0.141. The van der Waals surface area contributed by atoms with E-state index in [1.54, 1.807) is 29.6 Å². The number of carbonyl (C=O) groups is 1. The van der Waals surface area contributed by atoms with Crippen molar-refractivity contribution in [2.24, 2.45) is 0 Å². The van der Waals surface area contributed by atoms with E-state index in [0.717, 1.165) is 6.07 Å². The molecule has 158 valence electrons. The molecule has 0 aliphatic heterocycles. The highest BCUT2D eigenvalue weighted by atomic mass is 35.5. The Morgan fingerprint density at radius 1 is 1.03 bits per heavy atom. The minimum atomic E-state index is -4.57. The molecular weight excluding hydrogens is 470 g/mol. The normalized spacial score (nSPS) is 11.5. The predicted octanol–water partition coefficient (Wildman–Crippen LogP) is 7.18. The summed E-state index contributed by atoms with van der Waals surface area (Å²) in [5.74, 6) is -0.425. The number of halogens is 5. The van der Waals surface area contributed by atoms with Crippen LogP contribution in [0.25, 0.3) is 16.3 Å². The molecule has 0 fully saturated rings. The number of aromatic nitrogens is 2. The number of nitrogens with one attached hydrogen (secondary N) is 1. The molecule has 0 bridgehead atoms. The zero-order valence-electron chi connectivity index (χ0n) is 15.5. The third-order valence-corrected chi connectivity index (χ3v) is 5.77. The van der Waals surface area contributed by atoms with Crippen LogP contribution in [0.2, 0.25) is 10.0 Å². The average Bonchev–Trinajstić information content (AvgIpc) is 3.39. The van der Waals surface area contributed by atoms with E-state index in [0.29, 0.717) is 32.5 Å². The highest BCUT2D eigenvalue weighted by Gasteiger charge is 2.35. The van der Waals surface area contributed by atoms with Gasteiger partial charge in [0.2, 0.25) is 0 Å². The molecule has 1 N–H and O–H groups in total. The summed E-state index contributed by atoms with van der Waals surface area (Å²) in [6.45, 7) is 0. The molecule has 1 amide bonds. The molecule has 2 aromatic carbocycles. The molecule has 2 aromatic heterocycles. The summed E-state index contributed by atoms with van der Waals surface area (Å²) < 4.78 is 40.9. The van der Waals surface area contributed by atoms with Crippen molar-refractivity contribution in [3.05, 3.63) is 87.3 Å². The zero-order valence-corrected chi connectivity index (χ0v) is 17.8. The second-order valence-corrected chi connectivity index (χ2v) is 8.22. The van der Waals surface area contributed by atoms with E-state index in [4.69, 9.17) is 23.2 Å². The van der Waals surface area contributed by atoms with Crippen LogP contribution in [0, 0.1) is 0 Å². The quantitative estimate of drug-likeness (QED) is 0.335. The summed E-state index contributed by atoms with van der Waals surface area (Å²) in [4.78, 5) is 13.2. The molecule has 0 aliphatic carbocycles. The van der Waals surface area contributed by atoms with Gasteiger partial charge in [-0.2, -0.15) is 18.3 Å². The summed E-state index contributed by atoms with van der Waals surface area (Å²) >= 11 is 13.2. The van der Waals surface area contributed by atoms with Crippen molar-refractivity contribution in [1.82, 2.24) is 9.78 Å². The van der Waals surface area contributed by atoms with Gasteiger partial charge in [-0.3, -0.25) is 4.79 Å². The van der Waals surface area contributed by atoms with Gasteiger partial charge >= 0.3 is 6.18 Å². The van der Waals surface area contributed by atoms with Crippen molar-refractivity contribution < 1.29 is 18.0 Å². The number of thiophene rings is 1. The summed E-state index contributed by atoms with van der Waals surface area (Å²) in [6.07, 6.45) is -4.57. The monoisotopic (exact) mass is 481 g/mol. The lowest BCUT2D eigenvalue weighted by Crippen LogP contribution is -2.12. The minimum Gasteiger partial charge on any atom is -0.321 e. The van der Waals surface area contributed by atoms with Crippen LogP contribution in [0.1, 0.15) is 16.1 Å². The summed E-state index contributed by atoms with van der Waals surface area (Å²) in [5.41, 5.74) is 0.403. The Hall–Kier alpha value is -2.81. The molecule has 0 saturated heterocycles. The lowest BCUT2D eigenvalue weighted by atomic mass is 10.2. The van der Waals surface area contributed by atoms with Gasteiger partial charge < -0.3 is 5.32 Å². The highest BCUT2D eigenvalue weighted by Crippen LogP contribution is 2.35. The van der Waals surface area contributed by atoms with E-state index in [1.807, 2.05) is 0 Å². The fourth-order valence-corrected chi connectivity index (χ4v) is 4.04. The number of hydrogen-bond acceptors (Lipinski definition) is 3. The Kier molecular flexibility index (Phi) is 5.79. The van der Waals surface area contributed by atoms with Crippen LogP contribution in [0.5, 0.6) is 0 Å². The molecule has 4 rings (SSSR count). The standard InChI is InChI=1S/C21H12Cl2F3N3OS/c22-13-5-8-16(15(23)10-13)27-20(30)12-3-6-14(7-4-12)29-17(18-2-1-9-31-18)11-19(28-29)21(24,25)26/h1-11H,(H,27,30). The maximum Gasteiger partial charge on any atom is 0.435 e. The smallest absolute Gasteiger partial charge is 0.321 e. The Morgan fingerprint density at radius 3 is 2.39 bits per heavy atom. The van der Waals surface area contributed by atoms with Crippen LogP contribution in [0.4, 0.5) is 18.9 Å². The van der Waals surface area contributed by atoms with Crippen LogP contribution in [-0.4, -0.2) is 15.7 Å². The van der Waals surface area contributed by atoms with Crippen LogP contribution in [-0.2, 0) is 6.18 Å². The summed E-state index contributed by atoms with van der Waals surface area (Å²) in [6, 6.07) is 15.2. The van der Waals surface area contributed by atoms with Gasteiger partial charge in [-0.1, -0.05) is 29.3 Å². The van der Waals surface area contributed by atoms with Crippen LogP contribution in [0.15, 0.2) is 66.0 Å². The first-order valence-corrected chi connectivity index (χ1v) is 10.4. The number of rotatable bonds is 4. The van der Waals surface area contributed by atoms with Crippen molar-refractivity contribution in [1.29, 1.82) is 0 Å². The van der Waals surface area contributed by atoms with Gasteiger partial charge in [0.1, 0.15) is 0 Å². The van der Waals surface area contributed by atoms with Crippen molar-refractivity contribution in [3.63, 3.8) is 0 Å². The third kappa shape index (κ3) is 4.61. The first kappa shape index (κ1) is 21.4. The summed E-state index contributed by atoms with van der Waals surface area (Å²) in [5, 5.41) is 8.91. The van der Waals surface area contributed by atoms with E-state index in [9.17, 15) is 18.0 Å².